The van der Waals surface area contributed by atoms with Gasteiger partial charge in [0.15, 0.2) is 17.8 Å². The number of alkyl halides is 3. The summed E-state index contributed by atoms with van der Waals surface area (Å²) in [5.74, 6) is -1.45. The summed E-state index contributed by atoms with van der Waals surface area (Å²) in [4.78, 5) is 7.14. The van der Waals surface area contributed by atoms with Crippen LogP contribution in [0.1, 0.15) is 11.3 Å². The molecule has 166 valence electrons. The van der Waals surface area contributed by atoms with Crippen molar-refractivity contribution in [2.24, 2.45) is 0 Å². The lowest BCUT2D eigenvalue weighted by molar-refractivity contribution is -0.745. The van der Waals surface area contributed by atoms with E-state index in [0.29, 0.717) is 22.5 Å². The van der Waals surface area contributed by atoms with Crippen LogP contribution in [0.15, 0.2) is 65.3 Å². The summed E-state index contributed by atoms with van der Waals surface area (Å²) in [7, 11) is 0. The van der Waals surface area contributed by atoms with Gasteiger partial charge in [0.2, 0.25) is 18.0 Å². The van der Waals surface area contributed by atoms with Crippen molar-refractivity contribution in [2.75, 3.05) is 0 Å². The highest BCUT2D eigenvalue weighted by atomic mass is 19.4. The predicted molar refractivity (Wildman–Crippen MR) is 105 cm³/mol. The van der Waals surface area contributed by atoms with E-state index in [9.17, 15) is 22.0 Å². The fourth-order valence-electron chi connectivity index (χ4n) is 3.30. The number of nitrogens with zero attached hydrogens (tertiary/aromatic N) is 4. The average molecular weight is 458 g/mol. The zero-order chi connectivity index (χ0) is 23.2. The molecule has 2 aromatic carbocycles. The molecule has 0 fully saturated rings. The van der Waals surface area contributed by atoms with Crippen LogP contribution in [-0.4, -0.2) is 20.2 Å². The molecule has 1 N–H and O–H groups in total. The van der Waals surface area contributed by atoms with Crippen LogP contribution in [0.25, 0.3) is 33.8 Å². The van der Waals surface area contributed by atoms with Crippen LogP contribution in [0.4, 0.5) is 22.0 Å². The van der Waals surface area contributed by atoms with Crippen molar-refractivity contribution in [2.45, 2.75) is 12.7 Å². The maximum absolute atomic E-state index is 14.1. The van der Waals surface area contributed by atoms with E-state index in [1.165, 1.54) is 28.9 Å². The summed E-state index contributed by atoms with van der Waals surface area (Å²) in [5, 5.41) is 8.24. The third-order valence-corrected chi connectivity index (χ3v) is 4.94. The van der Waals surface area contributed by atoms with Crippen LogP contribution in [0.3, 0.4) is 0 Å². The van der Waals surface area contributed by atoms with Gasteiger partial charge in [0.05, 0.1) is 16.6 Å². The van der Waals surface area contributed by atoms with Gasteiger partial charge in [-0.25, -0.2) is 13.8 Å². The van der Waals surface area contributed by atoms with Crippen molar-refractivity contribution in [3.63, 3.8) is 0 Å². The molecule has 0 aliphatic rings. The van der Waals surface area contributed by atoms with Crippen LogP contribution in [0.2, 0.25) is 0 Å². The molecular weight excluding hydrogens is 445 g/mol. The zero-order valence-electron chi connectivity index (χ0n) is 16.6. The maximum Gasteiger partial charge on any atom is 0.416 e. The van der Waals surface area contributed by atoms with E-state index in [-0.39, 0.29) is 23.6 Å². The first-order chi connectivity index (χ1) is 15.8. The Labute approximate surface area is 182 Å². The van der Waals surface area contributed by atoms with Gasteiger partial charge in [-0.05, 0) is 24.3 Å². The van der Waals surface area contributed by atoms with Crippen molar-refractivity contribution in [1.82, 2.24) is 20.2 Å². The quantitative estimate of drug-likeness (QED) is 0.307. The number of halogens is 5. The number of nitrogens with one attached hydrogen (secondary N) is 1. The fourth-order valence-corrected chi connectivity index (χ4v) is 3.30. The number of rotatable bonds is 4. The number of aromatic nitrogens is 5. The van der Waals surface area contributed by atoms with Crippen LogP contribution in [-0.2, 0) is 12.7 Å². The van der Waals surface area contributed by atoms with Gasteiger partial charge in [-0.2, -0.15) is 13.2 Å². The summed E-state index contributed by atoms with van der Waals surface area (Å²) in [6.07, 6.45) is -2.78. The fraction of sp³-hybridized carbons (Fsp3) is 0.0909. The molecule has 0 spiro atoms. The molecule has 11 heteroatoms. The minimum absolute atomic E-state index is 0.0176. The van der Waals surface area contributed by atoms with E-state index in [2.05, 4.69) is 20.2 Å². The topological polar surface area (TPSA) is 71.5 Å². The van der Waals surface area contributed by atoms with Gasteiger partial charge < -0.3 is 9.51 Å². The monoisotopic (exact) mass is 458 g/mol. The van der Waals surface area contributed by atoms with E-state index < -0.39 is 23.4 Å². The SMILES string of the molecule is Fc1cccc(-c2nc3n[n+](Cc4cc(-c5ccc(C(F)(F)F)cc5)no4)ccc3[nH]2)c1F. The summed E-state index contributed by atoms with van der Waals surface area (Å²) in [6, 6.07) is 11.7. The number of benzene rings is 2. The molecule has 5 aromatic rings. The Balaban J connectivity index is 1.38. The molecule has 0 amide bonds. The van der Waals surface area contributed by atoms with Crippen LogP contribution < -0.4 is 4.68 Å². The van der Waals surface area contributed by atoms with Gasteiger partial charge in [0.25, 0.3) is 0 Å². The van der Waals surface area contributed by atoms with Crippen LogP contribution in [0.5, 0.6) is 0 Å². The zero-order valence-corrected chi connectivity index (χ0v) is 16.6. The molecule has 0 saturated carbocycles. The number of hydrogen-bond donors (Lipinski definition) is 1. The molecule has 0 unspecified atom stereocenters. The number of imidazole rings is 1. The minimum Gasteiger partial charge on any atom is -0.354 e. The third-order valence-electron chi connectivity index (χ3n) is 4.94. The molecule has 3 aromatic heterocycles. The summed E-state index contributed by atoms with van der Waals surface area (Å²) in [5.41, 5.74) is 0.881. The Morgan fingerprint density at radius 2 is 1.79 bits per heavy atom. The van der Waals surface area contributed by atoms with Gasteiger partial charge >= 0.3 is 6.18 Å². The first-order valence-corrected chi connectivity index (χ1v) is 9.62. The number of hydrogen-bond acceptors (Lipinski definition) is 4. The first-order valence-electron chi connectivity index (χ1n) is 9.62. The molecule has 5 rings (SSSR count). The first kappa shape index (κ1) is 20.7. The minimum atomic E-state index is -4.42. The molecule has 0 atom stereocenters. The molecule has 33 heavy (non-hydrogen) atoms. The van der Waals surface area contributed by atoms with E-state index in [0.717, 1.165) is 18.2 Å². The predicted octanol–water partition coefficient (Wildman–Crippen LogP) is 4.91. The standard InChI is InChI=1S/C22H12F5N5O/c23-16-3-1-2-15(19(16)24)20-28-17-8-9-32(30-21(17)29-20)11-14-10-18(31-33-14)12-4-6-13(7-5-12)22(25,26)27/h1-10H,11H2/p+1. The van der Waals surface area contributed by atoms with Crippen LogP contribution >= 0.6 is 0 Å². The van der Waals surface area contributed by atoms with Crippen LogP contribution in [0, 0.1) is 11.6 Å². The lowest BCUT2D eigenvalue weighted by Gasteiger charge is -2.06. The summed E-state index contributed by atoms with van der Waals surface area (Å²) >= 11 is 0. The summed E-state index contributed by atoms with van der Waals surface area (Å²) in [6.45, 7) is 0.167. The van der Waals surface area contributed by atoms with Gasteiger partial charge in [0, 0.05) is 22.8 Å². The van der Waals surface area contributed by atoms with Crippen molar-refractivity contribution in [3.05, 3.63) is 83.8 Å². The van der Waals surface area contributed by atoms with Gasteiger partial charge in [-0.1, -0.05) is 28.0 Å². The molecule has 0 aliphatic heterocycles. The molecule has 0 radical (unpaired) electrons. The van der Waals surface area contributed by atoms with E-state index in [4.69, 9.17) is 4.52 Å². The second-order valence-electron chi connectivity index (χ2n) is 7.19. The average Bonchev–Trinajstić information content (AvgIpc) is 3.42. The van der Waals surface area contributed by atoms with Crippen molar-refractivity contribution in [3.8, 4) is 22.6 Å². The van der Waals surface area contributed by atoms with E-state index >= 15 is 0 Å². The second-order valence-corrected chi connectivity index (χ2v) is 7.19. The van der Waals surface area contributed by atoms with Crippen molar-refractivity contribution >= 4 is 11.2 Å². The Kier molecular flexibility index (Phi) is 4.88. The highest BCUT2D eigenvalue weighted by Gasteiger charge is 2.30. The highest BCUT2D eigenvalue weighted by molar-refractivity contribution is 5.74. The molecule has 0 aliphatic carbocycles. The normalized spacial score (nSPS) is 11.9. The largest absolute Gasteiger partial charge is 0.416 e. The maximum atomic E-state index is 14.1. The van der Waals surface area contributed by atoms with Gasteiger partial charge in [-0.3, -0.25) is 0 Å². The third kappa shape index (κ3) is 4.04. The van der Waals surface area contributed by atoms with Gasteiger partial charge in [0.1, 0.15) is 11.5 Å². The van der Waals surface area contributed by atoms with Gasteiger partial charge in [-0.15, -0.1) is 0 Å². The summed E-state index contributed by atoms with van der Waals surface area (Å²) < 4.78 is 72.6. The Hall–Kier alpha value is -4.15. The van der Waals surface area contributed by atoms with E-state index in [1.807, 2.05) is 0 Å². The molecule has 6 nitrogen and oxygen atoms in total. The lowest BCUT2D eigenvalue weighted by Crippen LogP contribution is -2.37. The lowest BCUT2D eigenvalue weighted by atomic mass is 10.1. The smallest absolute Gasteiger partial charge is 0.354 e. The Bertz CT molecular complexity index is 1460. The highest BCUT2D eigenvalue weighted by Crippen LogP contribution is 2.31. The Morgan fingerprint density at radius 3 is 2.55 bits per heavy atom. The van der Waals surface area contributed by atoms with Crippen molar-refractivity contribution < 1.29 is 31.2 Å². The molecule has 0 saturated heterocycles. The van der Waals surface area contributed by atoms with E-state index in [1.54, 1.807) is 18.3 Å². The second kappa shape index (κ2) is 7.76. The molecule has 3 heterocycles. The number of aromatic amines is 1. The molecular formula is C22H13F5N5O+. The van der Waals surface area contributed by atoms with Crippen molar-refractivity contribution in [1.29, 1.82) is 0 Å². The number of H-pyrrole nitrogens is 1. The Morgan fingerprint density at radius 1 is 1.00 bits per heavy atom. The molecule has 0 bridgehead atoms. The number of fused-ring (bicyclic) bond motifs is 1.